The third-order valence-electron chi connectivity index (χ3n) is 2.59. The molecule has 0 atom stereocenters. The summed E-state index contributed by atoms with van der Waals surface area (Å²) in [6, 6.07) is 7.98. The summed E-state index contributed by atoms with van der Waals surface area (Å²) in [5.74, 6) is 0.161. The molecule has 2 rings (SSSR count). The average Bonchev–Trinajstić information content (AvgIpc) is 2.40. The Bertz CT molecular complexity index is 614. The second kappa shape index (κ2) is 5.68. The van der Waals surface area contributed by atoms with Crippen LogP contribution in [0.1, 0.15) is 11.1 Å². The number of nitrogens with two attached hydrogens (primary N) is 1. The van der Waals surface area contributed by atoms with Gasteiger partial charge in [-0.1, -0.05) is 23.7 Å². The summed E-state index contributed by atoms with van der Waals surface area (Å²) in [4.78, 5) is 3.70. The molecule has 0 radical (unpaired) electrons. The standard InChI is InChI=1S/C13H11ClF3N3/c14-11-5-9(13(15,16)17)7-19-12(11)20-10-3-1-2-8(4-10)6-18/h1-5,7H,6,18H2,(H,19,20). The molecular weight excluding hydrogens is 291 g/mol. The highest BCUT2D eigenvalue weighted by Crippen LogP contribution is 2.33. The molecule has 0 saturated carbocycles. The minimum Gasteiger partial charge on any atom is -0.339 e. The fourth-order valence-corrected chi connectivity index (χ4v) is 1.81. The van der Waals surface area contributed by atoms with Gasteiger partial charge in [-0.3, -0.25) is 0 Å². The summed E-state index contributed by atoms with van der Waals surface area (Å²) in [5.41, 5.74) is 6.17. The number of benzene rings is 1. The highest BCUT2D eigenvalue weighted by atomic mass is 35.5. The minimum absolute atomic E-state index is 0.0991. The fourth-order valence-electron chi connectivity index (χ4n) is 1.60. The van der Waals surface area contributed by atoms with Gasteiger partial charge in [0.15, 0.2) is 0 Å². The summed E-state index contributed by atoms with van der Waals surface area (Å²) in [6.07, 6.45) is -3.73. The normalized spacial score (nSPS) is 11.4. The Morgan fingerprint density at radius 2 is 2.00 bits per heavy atom. The van der Waals surface area contributed by atoms with Crippen molar-refractivity contribution in [2.45, 2.75) is 12.7 Å². The Balaban J connectivity index is 2.25. The largest absolute Gasteiger partial charge is 0.417 e. The van der Waals surface area contributed by atoms with Crippen LogP contribution >= 0.6 is 11.6 Å². The van der Waals surface area contributed by atoms with Gasteiger partial charge >= 0.3 is 6.18 Å². The van der Waals surface area contributed by atoms with Crippen LogP contribution in [0.5, 0.6) is 0 Å². The molecule has 3 nitrogen and oxygen atoms in total. The third-order valence-corrected chi connectivity index (χ3v) is 2.88. The molecule has 0 bridgehead atoms. The molecule has 0 fully saturated rings. The first-order chi connectivity index (χ1) is 9.40. The Morgan fingerprint density at radius 3 is 2.60 bits per heavy atom. The molecule has 1 aromatic carbocycles. The average molecular weight is 302 g/mol. The first kappa shape index (κ1) is 14.6. The van der Waals surface area contributed by atoms with Crippen LogP contribution in [-0.2, 0) is 12.7 Å². The maximum atomic E-state index is 12.5. The molecule has 0 aliphatic rings. The van der Waals surface area contributed by atoms with E-state index < -0.39 is 11.7 Å². The molecular formula is C13H11ClF3N3. The lowest BCUT2D eigenvalue weighted by Gasteiger charge is -2.11. The maximum Gasteiger partial charge on any atom is 0.417 e. The zero-order valence-corrected chi connectivity index (χ0v) is 11.0. The second-order valence-corrected chi connectivity index (χ2v) is 4.49. The number of hydrogen-bond donors (Lipinski definition) is 2. The van der Waals surface area contributed by atoms with E-state index in [0.29, 0.717) is 12.2 Å². The van der Waals surface area contributed by atoms with Crippen LogP contribution in [-0.4, -0.2) is 4.98 Å². The highest BCUT2D eigenvalue weighted by Gasteiger charge is 2.31. The van der Waals surface area contributed by atoms with Gasteiger partial charge in [0.2, 0.25) is 0 Å². The summed E-state index contributed by atoms with van der Waals surface area (Å²) in [7, 11) is 0. The number of nitrogens with one attached hydrogen (secondary N) is 1. The van der Waals surface area contributed by atoms with E-state index in [2.05, 4.69) is 10.3 Å². The van der Waals surface area contributed by atoms with Crippen molar-refractivity contribution < 1.29 is 13.2 Å². The lowest BCUT2D eigenvalue weighted by molar-refractivity contribution is -0.137. The van der Waals surface area contributed by atoms with Crippen molar-refractivity contribution in [1.29, 1.82) is 0 Å². The zero-order valence-electron chi connectivity index (χ0n) is 10.2. The van der Waals surface area contributed by atoms with Crippen molar-refractivity contribution >= 4 is 23.1 Å². The third kappa shape index (κ3) is 3.40. The summed E-state index contributed by atoms with van der Waals surface area (Å²) in [5, 5.41) is 2.76. The molecule has 0 saturated heterocycles. The number of halogens is 4. The van der Waals surface area contributed by atoms with Gasteiger partial charge in [-0.05, 0) is 23.8 Å². The molecule has 2 aromatic rings. The van der Waals surface area contributed by atoms with Crippen LogP contribution in [0.2, 0.25) is 5.02 Å². The Morgan fingerprint density at radius 1 is 1.25 bits per heavy atom. The molecule has 0 amide bonds. The molecule has 106 valence electrons. The van der Waals surface area contributed by atoms with E-state index in [1.165, 1.54) is 0 Å². The number of rotatable bonds is 3. The van der Waals surface area contributed by atoms with Gasteiger partial charge in [0.25, 0.3) is 0 Å². The Kier molecular flexibility index (Phi) is 4.15. The van der Waals surface area contributed by atoms with Crippen LogP contribution < -0.4 is 11.1 Å². The first-order valence-corrected chi connectivity index (χ1v) is 6.06. The molecule has 0 aliphatic carbocycles. The number of pyridine rings is 1. The summed E-state index contributed by atoms with van der Waals surface area (Å²) < 4.78 is 37.5. The molecule has 3 N–H and O–H groups in total. The van der Waals surface area contributed by atoms with Gasteiger partial charge in [0, 0.05) is 18.4 Å². The van der Waals surface area contributed by atoms with Gasteiger partial charge in [0.05, 0.1) is 10.6 Å². The van der Waals surface area contributed by atoms with Crippen LogP contribution in [0.4, 0.5) is 24.7 Å². The van der Waals surface area contributed by atoms with Crippen LogP contribution in [0, 0.1) is 0 Å². The predicted molar refractivity (Wildman–Crippen MR) is 71.9 cm³/mol. The van der Waals surface area contributed by atoms with Gasteiger partial charge in [-0.25, -0.2) is 4.98 Å². The molecule has 20 heavy (non-hydrogen) atoms. The predicted octanol–water partition coefficient (Wildman–Crippen LogP) is 3.96. The monoisotopic (exact) mass is 301 g/mol. The maximum absolute atomic E-state index is 12.5. The Labute approximate surface area is 118 Å². The van der Waals surface area contributed by atoms with Crippen molar-refractivity contribution in [3.8, 4) is 0 Å². The number of hydrogen-bond acceptors (Lipinski definition) is 3. The summed E-state index contributed by atoms with van der Waals surface area (Å²) >= 11 is 5.81. The fraction of sp³-hybridized carbons (Fsp3) is 0.154. The van der Waals surface area contributed by atoms with Gasteiger partial charge < -0.3 is 11.1 Å². The number of aromatic nitrogens is 1. The van der Waals surface area contributed by atoms with Gasteiger partial charge in [0.1, 0.15) is 5.82 Å². The molecule has 1 heterocycles. The quantitative estimate of drug-likeness (QED) is 0.902. The van der Waals surface area contributed by atoms with Crippen molar-refractivity contribution in [2.24, 2.45) is 5.73 Å². The van der Waals surface area contributed by atoms with E-state index in [9.17, 15) is 13.2 Å². The Hall–Kier alpha value is -1.79. The van der Waals surface area contributed by atoms with Crippen molar-refractivity contribution in [1.82, 2.24) is 4.98 Å². The van der Waals surface area contributed by atoms with E-state index in [1.807, 2.05) is 6.07 Å². The van der Waals surface area contributed by atoms with Crippen LogP contribution in [0.25, 0.3) is 0 Å². The van der Waals surface area contributed by atoms with Gasteiger partial charge in [-0.2, -0.15) is 13.2 Å². The molecule has 7 heteroatoms. The zero-order chi connectivity index (χ0) is 14.8. The molecule has 1 aromatic heterocycles. The van der Waals surface area contributed by atoms with E-state index >= 15 is 0 Å². The van der Waals surface area contributed by atoms with Crippen LogP contribution in [0.3, 0.4) is 0 Å². The van der Waals surface area contributed by atoms with E-state index in [0.717, 1.165) is 17.8 Å². The smallest absolute Gasteiger partial charge is 0.339 e. The summed E-state index contributed by atoms with van der Waals surface area (Å²) in [6.45, 7) is 0.365. The highest BCUT2D eigenvalue weighted by molar-refractivity contribution is 6.33. The van der Waals surface area contributed by atoms with Crippen LogP contribution in [0.15, 0.2) is 36.5 Å². The van der Waals surface area contributed by atoms with Crippen molar-refractivity contribution in [2.75, 3.05) is 5.32 Å². The SMILES string of the molecule is NCc1cccc(Nc2ncc(C(F)(F)F)cc2Cl)c1. The van der Waals surface area contributed by atoms with Crippen molar-refractivity contribution in [3.05, 3.63) is 52.7 Å². The molecule has 0 unspecified atom stereocenters. The number of nitrogens with zero attached hydrogens (tertiary/aromatic N) is 1. The number of anilines is 2. The lowest BCUT2D eigenvalue weighted by atomic mass is 10.2. The van der Waals surface area contributed by atoms with E-state index in [-0.39, 0.29) is 10.8 Å². The second-order valence-electron chi connectivity index (χ2n) is 4.08. The van der Waals surface area contributed by atoms with Crippen molar-refractivity contribution in [3.63, 3.8) is 0 Å². The van der Waals surface area contributed by atoms with E-state index in [4.69, 9.17) is 17.3 Å². The van der Waals surface area contributed by atoms with Gasteiger partial charge in [-0.15, -0.1) is 0 Å². The minimum atomic E-state index is -4.46. The number of alkyl halides is 3. The molecule has 0 aliphatic heterocycles. The first-order valence-electron chi connectivity index (χ1n) is 5.69. The topological polar surface area (TPSA) is 50.9 Å². The van der Waals surface area contributed by atoms with E-state index in [1.54, 1.807) is 18.2 Å². The molecule has 0 spiro atoms. The lowest BCUT2D eigenvalue weighted by Crippen LogP contribution is -2.06.